The SMILES string of the molecule is C[C@@H]1C[C@@H](C(=O)NCc2cc3cnccc3[nH]2)n2c1cnc(NCc1ccccc1)c2=O. The molecule has 8 nitrogen and oxygen atoms in total. The van der Waals surface area contributed by atoms with Gasteiger partial charge in [-0.2, -0.15) is 0 Å². The fourth-order valence-corrected chi connectivity index (χ4v) is 4.28. The summed E-state index contributed by atoms with van der Waals surface area (Å²) >= 11 is 0. The number of nitrogens with one attached hydrogen (secondary N) is 3. The van der Waals surface area contributed by atoms with Crippen molar-refractivity contribution < 1.29 is 4.79 Å². The number of anilines is 1. The molecule has 162 valence electrons. The molecule has 4 heterocycles. The van der Waals surface area contributed by atoms with Gasteiger partial charge in [-0.3, -0.25) is 19.1 Å². The minimum Gasteiger partial charge on any atom is -0.361 e. The van der Waals surface area contributed by atoms with Crippen LogP contribution in [0.3, 0.4) is 0 Å². The molecule has 32 heavy (non-hydrogen) atoms. The van der Waals surface area contributed by atoms with Crippen LogP contribution in [0.5, 0.6) is 0 Å². The van der Waals surface area contributed by atoms with Gasteiger partial charge in [0.2, 0.25) is 5.91 Å². The van der Waals surface area contributed by atoms with Gasteiger partial charge in [-0.25, -0.2) is 4.98 Å². The number of hydrogen-bond donors (Lipinski definition) is 3. The highest BCUT2D eigenvalue weighted by atomic mass is 16.2. The van der Waals surface area contributed by atoms with Gasteiger partial charge in [-0.05, 0) is 24.1 Å². The Hall–Kier alpha value is -3.94. The average Bonchev–Trinajstić information content (AvgIpc) is 3.39. The van der Waals surface area contributed by atoms with Crippen LogP contribution in [0.2, 0.25) is 0 Å². The molecule has 0 unspecified atom stereocenters. The summed E-state index contributed by atoms with van der Waals surface area (Å²) in [5.41, 5.74) is 3.44. The highest BCUT2D eigenvalue weighted by Gasteiger charge is 2.35. The third-order valence-corrected chi connectivity index (χ3v) is 5.95. The molecule has 1 aliphatic rings. The minimum atomic E-state index is -0.557. The van der Waals surface area contributed by atoms with Crippen molar-refractivity contribution in [2.75, 3.05) is 5.32 Å². The Labute approximate surface area is 184 Å². The van der Waals surface area contributed by atoms with E-state index in [1.807, 2.05) is 49.4 Å². The van der Waals surface area contributed by atoms with E-state index in [1.165, 1.54) is 0 Å². The van der Waals surface area contributed by atoms with Crippen LogP contribution in [0, 0.1) is 0 Å². The Balaban J connectivity index is 1.33. The number of pyridine rings is 1. The molecule has 5 rings (SSSR count). The van der Waals surface area contributed by atoms with Crippen molar-refractivity contribution in [3.8, 4) is 0 Å². The number of benzene rings is 1. The van der Waals surface area contributed by atoms with Crippen LogP contribution in [-0.2, 0) is 17.9 Å². The lowest BCUT2D eigenvalue weighted by molar-refractivity contribution is -0.124. The van der Waals surface area contributed by atoms with E-state index in [2.05, 4.69) is 25.6 Å². The summed E-state index contributed by atoms with van der Waals surface area (Å²) in [4.78, 5) is 38.0. The van der Waals surface area contributed by atoms with E-state index in [0.717, 1.165) is 27.9 Å². The van der Waals surface area contributed by atoms with Gasteiger partial charge in [0.1, 0.15) is 6.04 Å². The van der Waals surface area contributed by atoms with Gasteiger partial charge in [0.25, 0.3) is 5.56 Å². The molecule has 2 atom stereocenters. The van der Waals surface area contributed by atoms with E-state index in [4.69, 9.17) is 0 Å². The molecule has 0 saturated carbocycles. The molecular weight excluding hydrogens is 404 g/mol. The number of fused-ring (bicyclic) bond motifs is 2. The summed E-state index contributed by atoms with van der Waals surface area (Å²) in [7, 11) is 0. The number of rotatable bonds is 6. The van der Waals surface area contributed by atoms with Gasteiger partial charge in [-0.1, -0.05) is 37.3 Å². The molecule has 3 N–H and O–H groups in total. The average molecular weight is 428 g/mol. The molecule has 0 spiro atoms. The lowest BCUT2D eigenvalue weighted by atomic mass is 10.0. The zero-order valence-corrected chi connectivity index (χ0v) is 17.7. The summed E-state index contributed by atoms with van der Waals surface area (Å²) in [5, 5.41) is 7.09. The molecule has 8 heteroatoms. The quantitative estimate of drug-likeness (QED) is 0.438. The van der Waals surface area contributed by atoms with Crippen molar-refractivity contribution >= 4 is 22.6 Å². The Morgan fingerprint density at radius 1 is 1.19 bits per heavy atom. The molecular formula is C24H24N6O2. The Bertz CT molecular complexity index is 1290. The molecule has 3 aromatic heterocycles. The van der Waals surface area contributed by atoms with Crippen LogP contribution in [0.4, 0.5) is 5.82 Å². The van der Waals surface area contributed by atoms with Gasteiger partial charge in [0.05, 0.1) is 6.54 Å². The topological polar surface area (TPSA) is 105 Å². The first kappa shape index (κ1) is 20.0. The molecule has 0 saturated heterocycles. The minimum absolute atomic E-state index is 0.0771. The third-order valence-electron chi connectivity index (χ3n) is 5.95. The van der Waals surface area contributed by atoms with Crippen molar-refractivity contribution in [1.29, 1.82) is 0 Å². The second kappa shape index (κ2) is 8.30. The number of hydrogen-bond acceptors (Lipinski definition) is 5. The first-order chi connectivity index (χ1) is 15.6. The van der Waals surface area contributed by atoms with Crippen molar-refractivity contribution in [3.05, 3.63) is 88.4 Å². The summed E-state index contributed by atoms with van der Waals surface area (Å²) < 4.78 is 1.59. The number of aromatic nitrogens is 4. The molecule has 1 aliphatic heterocycles. The standard InChI is InChI=1S/C24H24N6O2/c1-15-9-20(23(31)28-13-18-10-17-12-25-8-7-19(17)29-18)30-21(15)14-27-22(24(30)32)26-11-16-5-3-2-4-6-16/h2-8,10,12,14-15,20,29H,9,11,13H2,1H3,(H,26,27)(H,28,31)/t15-,20+/m1/s1. The number of carbonyl (C=O) groups excluding carboxylic acids is 1. The molecule has 0 bridgehead atoms. The van der Waals surface area contributed by atoms with Crippen LogP contribution >= 0.6 is 0 Å². The van der Waals surface area contributed by atoms with Crippen molar-refractivity contribution in [1.82, 2.24) is 24.8 Å². The number of amides is 1. The maximum Gasteiger partial charge on any atom is 0.294 e. The normalized spacial score (nSPS) is 17.3. The Morgan fingerprint density at radius 2 is 2.03 bits per heavy atom. The smallest absolute Gasteiger partial charge is 0.294 e. The third kappa shape index (κ3) is 3.75. The molecule has 0 aliphatic carbocycles. The number of aromatic amines is 1. The van der Waals surface area contributed by atoms with Gasteiger partial charge in [-0.15, -0.1) is 0 Å². The second-order valence-electron chi connectivity index (χ2n) is 8.17. The van der Waals surface area contributed by atoms with E-state index in [-0.39, 0.29) is 23.2 Å². The lowest BCUT2D eigenvalue weighted by Gasteiger charge is -2.15. The molecule has 0 fully saturated rings. The largest absolute Gasteiger partial charge is 0.361 e. The van der Waals surface area contributed by atoms with Crippen molar-refractivity contribution in [3.63, 3.8) is 0 Å². The molecule has 1 amide bonds. The maximum absolute atomic E-state index is 13.2. The van der Waals surface area contributed by atoms with Crippen molar-refractivity contribution in [2.24, 2.45) is 0 Å². The lowest BCUT2D eigenvalue weighted by Crippen LogP contribution is -2.36. The molecule has 4 aromatic rings. The summed E-state index contributed by atoms with van der Waals surface area (Å²) in [6.07, 6.45) is 5.78. The number of nitrogens with zero attached hydrogens (tertiary/aromatic N) is 3. The van der Waals surface area contributed by atoms with E-state index < -0.39 is 6.04 Å². The predicted molar refractivity (Wildman–Crippen MR) is 122 cm³/mol. The zero-order valence-electron chi connectivity index (χ0n) is 17.7. The van der Waals surface area contributed by atoms with E-state index in [9.17, 15) is 9.59 Å². The first-order valence-electron chi connectivity index (χ1n) is 10.7. The van der Waals surface area contributed by atoms with E-state index >= 15 is 0 Å². The summed E-state index contributed by atoms with van der Waals surface area (Å²) in [6.45, 7) is 2.86. The second-order valence-corrected chi connectivity index (χ2v) is 8.17. The number of carbonyl (C=O) groups is 1. The predicted octanol–water partition coefficient (Wildman–Crippen LogP) is 3.10. The van der Waals surface area contributed by atoms with Gasteiger partial charge < -0.3 is 15.6 Å². The van der Waals surface area contributed by atoms with Crippen molar-refractivity contribution in [2.45, 2.75) is 38.4 Å². The molecule has 0 radical (unpaired) electrons. The van der Waals surface area contributed by atoms with Crippen LogP contribution in [0.1, 0.15) is 42.3 Å². The highest BCUT2D eigenvalue weighted by Crippen LogP contribution is 2.34. The fourth-order valence-electron chi connectivity index (χ4n) is 4.28. The van der Waals surface area contributed by atoms with Crippen LogP contribution < -0.4 is 16.2 Å². The first-order valence-corrected chi connectivity index (χ1v) is 10.7. The van der Waals surface area contributed by atoms with Gasteiger partial charge >= 0.3 is 0 Å². The maximum atomic E-state index is 13.2. The number of H-pyrrole nitrogens is 1. The zero-order chi connectivity index (χ0) is 22.1. The van der Waals surface area contributed by atoms with E-state index in [0.29, 0.717) is 19.5 Å². The monoisotopic (exact) mass is 428 g/mol. The van der Waals surface area contributed by atoms with Gasteiger partial charge in [0.15, 0.2) is 5.82 Å². The Morgan fingerprint density at radius 3 is 2.84 bits per heavy atom. The summed E-state index contributed by atoms with van der Waals surface area (Å²) in [6, 6.07) is 13.1. The van der Waals surface area contributed by atoms with Crippen LogP contribution in [0.25, 0.3) is 10.9 Å². The molecule has 1 aromatic carbocycles. The van der Waals surface area contributed by atoms with Crippen LogP contribution in [0.15, 0.2) is 65.8 Å². The van der Waals surface area contributed by atoms with Gasteiger partial charge in [0, 0.05) is 53.3 Å². The summed E-state index contributed by atoms with van der Waals surface area (Å²) in [5.74, 6) is 0.163. The van der Waals surface area contributed by atoms with E-state index in [1.54, 1.807) is 23.2 Å². The fraction of sp³-hybridized carbons (Fsp3) is 0.250. The highest BCUT2D eigenvalue weighted by molar-refractivity contribution is 5.82. The Kier molecular flexibility index (Phi) is 5.18. The van der Waals surface area contributed by atoms with Crippen LogP contribution in [-0.4, -0.2) is 25.4 Å².